The van der Waals surface area contributed by atoms with Gasteiger partial charge in [0.25, 0.3) is 11.6 Å². The predicted octanol–water partition coefficient (Wildman–Crippen LogP) is 2.29. The number of para-hydroxylation sites is 1. The minimum Gasteiger partial charge on any atom is -0.397 e. The molecule has 8 nitrogen and oxygen atoms in total. The van der Waals surface area contributed by atoms with Crippen molar-refractivity contribution < 1.29 is 9.45 Å². The first-order chi connectivity index (χ1) is 10.1. The van der Waals surface area contributed by atoms with Crippen LogP contribution in [0.2, 0.25) is 0 Å². The Morgan fingerprint density at radius 2 is 2.05 bits per heavy atom. The molecule has 2 aromatic heterocycles. The summed E-state index contributed by atoms with van der Waals surface area (Å²) >= 11 is 0. The van der Waals surface area contributed by atoms with Crippen molar-refractivity contribution >= 4 is 11.4 Å². The van der Waals surface area contributed by atoms with E-state index >= 15 is 0 Å². The number of rotatable bonds is 3. The minimum absolute atomic E-state index is 0.0875. The number of pyridine rings is 1. The fourth-order valence-electron chi connectivity index (χ4n) is 1.85. The van der Waals surface area contributed by atoms with Gasteiger partial charge < -0.3 is 10.3 Å². The standard InChI is InChI=1S/C13H9N5O3/c14-9-5-8(6-15-7-9)13-16-12(17-21-13)10-3-1-2-4-11(10)18(19)20/h1-7H,14H2. The lowest BCUT2D eigenvalue weighted by atomic mass is 10.1. The van der Waals surface area contributed by atoms with Gasteiger partial charge in [0.2, 0.25) is 5.82 Å². The molecule has 2 heterocycles. The monoisotopic (exact) mass is 283 g/mol. The first kappa shape index (κ1) is 12.7. The number of nitro groups is 1. The number of nitro benzene ring substituents is 1. The lowest BCUT2D eigenvalue weighted by Gasteiger charge is -1.96. The van der Waals surface area contributed by atoms with Crippen LogP contribution in [-0.4, -0.2) is 20.0 Å². The largest absolute Gasteiger partial charge is 0.397 e. The molecule has 3 rings (SSSR count). The van der Waals surface area contributed by atoms with Crippen LogP contribution in [0.5, 0.6) is 0 Å². The van der Waals surface area contributed by atoms with E-state index in [0.29, 0.717) is 11.3 Å². The van der Waals surface area contributed by atoms with E-state index in [1.54, 1.807) is 24.3 Å². The number of nitrogens with two attached hydrogens (primary N) is 1. The Labute approximate surface area is 118 Å². The molecule has 0 saturated carbocycles. The number of nitrogen functional groups attached to an aromatic ring is 1. The highest BCUT2D eigenvalue weighted by Gasteiger charge is 2.19. The quantitative estimate of drug-likeness (QED) is 0.578. The van der Waals surface area contributed by atoms with E-state index in [-0.39, 0.29) is 23.0 Å². The molecule has 0 aliphatic heterocycles. The molecule has 2 N–H and O–H groups in total. The number of nitrogens with zero attached hydrogens (tertiary/aromatic N) is 4. The van der Waals surface area contributed by atoms with Crippen LogP contribution < -0.4 is 5.73 Å². The Hall–Kier alpha value is -3.29. The molecule has 0 saturated heterocycles. The molecule has 1 aromatic carbocycles. The van der Waals surface area contributed by atoms with Crippen LogP contribution in [0, 0.1) is 10.1 Å². The summed E-state index contributed by atoms with van der Waals surface area (Å²) in [5, 5.41) is 14.8. The lowest BCUT2D eigenvalue weighted by Crippen LogP contribution is -1.92. The second-order valence-electron chi connectivity index (χ2n) is 4.20. The number of aromatic nitrogens is 3. The summed E-state index contributed by atoms with van der Waals surface area (Å²) in [4.78, 5) is 18.6. The van der Waals surface area contributed by atoms with Crippen molar-refractivity contribution in [3.8, 4) is 22.8 Å². The van der Waals surface area contributed by atoms with Gasteiger partial charge >= 0.3 is 0 Å². The zero-order chi connectivity index (χ0) is 14.8. The van der Waals surface area contributed by atoms with Gasteiger partial charge in [0.1, 0.15) is 5.56 Å². The molecular weight excluding hydrogens is 274 g/mol. The van der Waals surface area contributed by atoms with Gasteiger partial charge in [-0.2, -0.15) is 4.98 Å². The summed E-state index contributed by atoms with van der Waals surface area (Å²) in [7, 11) is 0. The van der Waals surface area contributed by atoms with Crippen molar-refractivity contribution in [2.24, 2.45) is 0 Å². The SMILES string of the molecule is Nc1cncc(-c2nc(-c3ccccc3[N+](=O)[O-])no2)c1. The molecule has 104 valence electrons. The minimum atomic E-state index is -0.493. The molecule has 0 unspecified atom stereocenters. The number of benzene rings is 1. The Balaban J connectivity index is 2.05. The molecule has 0 fully saturated rings. The summed E-state index contributed by atoms with van der Waals surface area (Å²) in [6.07, 6.45) is 3.01. The zero-order valence-corrected chi connectivity index (χ0v) is 10.6. The number of hydrogen-bond acceptors (Lipinski definition) is 7. The van der Waals surface area contributed by atoms with E-state index in [1.807, 2.05) is 0 Å². The Morgan fingerprint density at radius 1 is 1.24 bits per heavy atom. The fourth-order valence-corrected chi connectivity index (χ4v) is 1.85. The van der Waals surface area contributed by atoms with Crippen molar-refractivity contribution in [2.45, 2.75) is 0 Å². The van der Waals surface area contributed by atoms with E-state index in [4.69, 9.17) is 10.3 Å². The summed E-state index contributed by atoms with van der Waals surface area (Å²) in [5.74, 6) is 0.336. The number of anilines is 1. The topological polar surface area (TPSA) is 121 Å². The fraction of sp³-hybridized carbons (Fsp3) is 0. The van der Waals surface area contributed by atoms with Gasteiger partial charge in [-0.1, -0.05) is 17.3 Å². The molecular formula is C13H9N5O3. The van der Waals surface area contributed by atoms with Crippen molar-refractivity contribution in [3.05, 3.63) is 52.8 Å². The third kappa shape index (κ3) is 2.41. The maximum absolute atomic E-state index is 11.0. The number of hydrogen-bond donors (Lipinski definition) is 1. The molecule has 0 aliphatic rings. The van der Waals surface area contributed by atoms with Crippen LogP contribution in [0.3, 0.4) is 0 Å². The van der Waals surface area contributed by atoms with Crippen LogP contribution in [0.4, 0.5) is 11.4 Å². The predicted molar refractivity (Wildman–Crippen MR) is 74.0 cm³/mol. The highest BCUT2D eigenvalue weighted by molar-refractivity contribution is 5.69. The molecule has 3 aromatic rings. The van der Waals surface area contributed by atoms with Crippen LogP contribution in [0.1, 0.15) is 0 Å². The summed E-state index contributed by atoms with van der Waals surface area (Å²) in [6.45, 7) is 0. The maximum Gasteiger partial charge on any atom is 0.280 e. The van der Waals surface area contributed by atoms with Crippen LogP contribution in [0.15, 0.2) is 47.2 Å². The van der Waals surface area contributed by atoms with Crippen molar-refractivity contribution in [2.75, 3.05) is 5.73 Å². The lowest BCUT2D eigenvalue weighted by molar-refractivity contribution is -0.384. The van der Waals surface area contributed by atoms with Gasteiger partial charge in [0.15, 0.2) is 0 Å². The average Bonchev–Trinajstić information content (AvgIpc) is 2.97. The van der Waals surface area contributed by atoms with Gasteiger partial charge in [0.05, 0.1) is 16.2 Å². The molecule has 0 bridgehead atoms. The smallest absolute Gasteiger partial charge is 0.280 e. The molecule has 0 radical (unpaired) electrons. The Kier molecular flexibility index (Phi) is 3.03. The van der Waals surface area contributed by atoms with E-state index in [2.05, 4.69) is 15.1 Å². The van der Waals surface area contributed by atoms with Gasteiger partial charge in [0, 0.05) is 18.5 Å². The third-order valence-electron chi connectivity index (χ3n) is 2.77. The van der Waals surface area contributed by atoms with Crippen molar-refractivity contribution in [1.29, 1.82) is 0 Å². The molecule has 21 heavy (non-hydrogen) atoms. The van der Waals surface area contributed by atoms with Crippen molar-refractivity contribution in [1.82, 2.24) is 15.1 Å². The first-order valence-electron chi connectivity index (χ1n) is 5.93. The van der Waals surface area contributed by atoms with E-state index in [0.717, 1.165) is 0 Å². The highest BCUT2D eigenvalue weighted by Crippen LogP contribution is 2.29. The van der Waals surface area contributed by atoms with E-state index in [1.165, 1.54) is 18.5 Å². The van der Waals surface area contributed by atoms with Crippen LogP contribution in [0.25, 0.3) is 22.8 Å². The Morgan fingerprint density at radius 3 is 2.81 bits per heavy atom. The summed E-state index contributed by atoms with van der Waals surface area (Å²) in [6, 6.07) is 7.81. The summed E-state index contributed by atoms with van der Waals surface area (Å²) < 4.78 is 5.12. The normalized spacial score (nSPS) is 10.5. The maximum atomic E-state index is 11.0. The molecule has 0 aliphatic carbocycles. The average molecular weight is 283 g/mol. The zero-order valence-electron chi connectivity index (χ0n) is 10.6. The van der Waals surface area contributed by atoms with Crippen LogP contribution in [-0.2, 0) is 0 Å². The molecule has 0 amide bonds. The third-order valence-corrected chi connectivity index (χ3v) is 2.77. The Bertz CT molecular complexity index is 815. The molecule has 8 heteroatoms. The van der Waals surface area contributed by atoms with Gasteiger partial charge in [-0.3, -0.25) is 15.1 Å². The molecule has 0 spiro atoms. The van der Waals surface area contributed by atoms with E-state index < -0.39 is 4.92 Å². The summed E-state index contributed by atoms with van der Waals surface area (Å²) in [5.41, 5.74) is 6.84. The van der Waals surface area contributed by atoms with Crippen LogP contribution >= 0.6 is 0 Å². The second kappa shape index (κ2) is 5.00. The van der Waals surface area contributed by atoms with E-state index in [9.17, 15) is 10.1 Å². The van der Waals surface area contributed by atoms with Gasteiger partial charge in [-0.15, -0.1) is 0 Å². The van der Waals surface area contributed by atoms with Gasteiger partial charge in [-0.05, 0) is 12.1 Å². The highest BCUT2D eigenvalue weighted by atomic mass is 16.6. The molecule has 0 atom stereocenters. The second-order valence-corrected chi connectivity index (χ2v) is 4.20. The van der Waals surface area contributed by atoms with Gasteiger partial charge in [-0.25, -0.2) is 0 Å². The first-order valence-corrected chi connectivity index (χ1v) is 5.93. The van der Waals surface area contributed by atoms with Crippen molar-refractivity contribution in [3.63, 3.8) is 0 Å².